The Kier molecular flexibility index (Phi) is 9.48. The lowest BCUT2D eigenvalue weighted by molar-refractivity contribution is 0.238. The van der Waals surface area contributed by atoms with E-state index >= 15 is 0 Å². The van der Waals surface area contributed by atoms with Gasteiger partial charge in [-0.25, -0.2) is 14.0 Å². The van der Waals surface area contributed by atoms with Crippen LogP contribution < -0.4 is 13.8 Å². The van der Waals surface area contributed by atoms with Gasteiger partial charge in [0.05, 0.1) is 34.9 Å². The second-order valence-electron chi connectivity index (χ2n) is 12.2. The molecule has 2 N–H and O–H groups in total. The third kappa shape index (κ3) is 7.54. The van der Waals surface area contributed by atoms with Crippen molar-refractivity contribution >= 4 is 39.1 Å². The monoisotopic (exact) mass is 716 g/mol. The van der Waals surface area contributed by atoms with Crippen LogP contribution in [0.25, 0.3) is 28.2 Å². The van der Waals surface area contributed by atoms with Gasteiger partial charge in [-0.1, -0.05) is 85.6 Å². The Balaban J connectivity index is 1.12. The Morgan fingerprint density at radius 1 is 0.898 bits per heavy atom. The number of imidazole rings is 1. The average Bonchev–Trinajstić information content (AvgIpc) is 3.64. The number of aromatic nitrogens is 4. The van der Waals surface area contributed by atoms with E-state index in [2.05, 4.69) is 14.9 Å². The molecular formula is C36H34Cl2N6O4S. The topological polar surface area (TPSA) is 122 Å². The van der Waals surface area contributed by atoms with Gasteiger partial charge in [0.2, 0.25) is 11.8 Å². The lowest BCUT2D eigenvalue weighted by Gasteiger charge is -2.21. The number of hydrogen-bond donors (Lipinski definition) is 2. The summed E-state index contributed by atoms with van der Waals surface area (Å²) in [6.07, 6.45) is 11.1. The molecule has 2 aromatic heterocycles. The third-order valence-corrected chi connectivity index (χ3v) is 10.7. The molecular weight excluding hydrogens is 683 g/mol. The molecule has 252 valence electrons. The van der Waals surface area contributed by atoms with Crippen LogP contribution >= 0.6 is 23.2 Å². The van der Waals surface area contributed by atoms with E-state index in [-0.39, 0.29) is 0 Å². The van der Waals surface area contributed by atoms with Gasteiger partial charge in [-0.15, -0.1) is 10.2 Å². The van der Waals surface area contributed by atoms with Crippen molar-refractivity contribution in [1.29, 1.82) is 0 Å². The summed E-state index contributed by atoms with van der Waals surface area (Å²) in [6, 6.07) is 24.0. The summed E-state index contributed by atoms with van der Waals surface area (Å²) >= 11 is 12.7. The quantitative estimate of drug-likeness (QED) is 0.149. The SMILES string of the molecule is O=S1(=O)NC(O)=CN1c1cccc(-n2cc(-c3ccc(Cl)cc3Cl)nc2Cc2ccc(-c3ccc(OCCC4CCCCC4)nn3)cc2)c1. The third-order valence-electron chi connectivity index (χ3n) is 8.83. The number of nitrogens with zero attached hydrogens (tertiary/aromatic N) is 5. The molecule has 0 saturated heterocycles. The standard InChI is InChI=1S/C36H34Cl2N6O4S/c37-27-13-14-30(31(38)20-27)33-22-43(28-7-4-8-29(21-28)44-23-35(45)42-49(44,46)47)34(39-33)19-25-9-11-26(12-10-25)32-15-16-36(41-40-32)48-18-17-24-5-2-1-3-6-24/h4,7-16,20-24,42,45H,1-3,5-6,17-19H2. The van der Waals surface area contributed by atoms with E-state index in [0.29, 0.717) is 57.4 Å². The molecule has 13 heteroatoms. The predicted octanol–water partition coefficient (Wildman–Crippen LogP) is 8.25. The van der Waals surface area contributed by atoms with Gasteiger partial charge in [0, 0.05) is 40.5 Å². The molecule has 1 aliphatic carbocycles. The number of benzene rings is 3. The highest BCUT2D eigenvalue weighted by atomic mass is 35.5. The zero-order chi connectivity index (χ0) is 34.0. The maximum Gasteiger partial charge on any atom is 0.330 e. The number of rotatable bonds is 10. The van der Waals surface area contributed by atoms with E-state index in [1.807, 2.05) is 59.3 Å². The molecule has 0 unspecified atom stereocenters. The van der Waals surface area contributed by atoms with Gasteiger partial charge >= 0.3 is 10.2 Å². The highest BCUT2D eigenvalue weighted by Gasteiger charge is 2.29. The van der Waals surface area contributed by atoms with Gasteiger partial charge in [0.15, 0.2) is 0 Å². The van der Waals surface area contributed by atoms with E-state index in [4.69, 9.17) is 32.9 Å². The lowest BCUT2D eigenvalue weighted by atomic mass is 9.87. The second kappa shape index (κ2) is 14.1. The largest absolute Gasteiger partial charge is 0.493 e. The molecule has 10 nitrogen and oxygen atoms in total. The molecule has 0 amide bonds. The fraction of sp³-hybridized carbons (Fsp3) is 0.250. The second-order valence-corrected chi connectivity index (χ2v) is 14.6. The Morgan fingerprint density at radius 3 is 2.41 bits per heavy atom. The van der Waals surface area contributed by atoms with Gasteiger partial charge in [-0.2, -0.15) is 8.42 Å². The molecule has 1 saturated carbocycles. The first-order valence-corrected chi connectivity index (χ1v) is 18.3. The zero-order valence-corrected chi connectivity index (χ0v) is 28.8. The number of hydrogen-bond acceptors (Lipinski definition) is 7. The van der Waals surface area contributed by atoms with Gasteiger partial charge in [0.1, 0.15) is 5.82 Å². The Morgan fingerprint density at radius 2 is 1.69 bits per heavy atom. The van der Waals surface area contributed by atoms with E-state index in [9.17, 15) is 13.5 Å². The Bertz CT molecular complexity index is 2100. The molecule has 0 atom stereocenters. The highest BCUT2D eigenvalue weighted by molar-refractivity contribution is 7.91. The molecule has 3 aromatic carbocycles. The molecule has 0 bridgehead atoms. The smallest absolute Gasteiger partial charge is 0.330 e. The summed E-state index contributed by atoms with van der Waals surface area (Å²) in [7, 11) is -3.96. The first kappa shape index (κ1) is 32.9. The van der Waals surface area contributed by atoms with Crippen LogP contribution in [0.1, 0.15) is 49.9 Å². The van der Waals surface area contributed by atoms with Crippen LogP contribution in [0.4, 0.5) is 5.69 Å². The van der Waals surface area contributed by atoms with Crippen molar-refractivity contribution < 1.29 is 18.3 Å². The fourth-order valence-electron chi connectivity index (χ4n) is 6.31. The maximum absolute atomic E-state index is 12.6. The molecule has 1 fully saturated rings. The van der Waals surface area contributed by atoms with Gasteiger partial charge in [0.25, 0.3) is 0 Å². The highest BCUT2D eigenvalue weighted by Crippen LogP contribution is 2.33. The molecule has 5 aromatic rings. The normalized spacial score (nSPS) is 16.0. The van der Waals surface area contributed by atoms with Crippen molar-refractivity contribution in [2.45, 2.75) is 44.9 Å². The Labute approximate surface area is 295 Å². The zero-order valence-electron chi connectivity index (χ0n) is 26.5. The average molecular weight is 718 g/mol. The van der Waals surface area contributed by atoms with Crippen LogP contribution in [0, 0.1) is 5.92 Å². The van der Waals surface area contributed by atoms with Crippen molar-refractivity contribution in [2.24, 2.45) is 5.92 Å². The van der Waals surface area contributed by atoms with Crippen molar-refractivity contribution in [3.05, 3.63) is 119 Å². The number of aliphatic hydroxyl groups is 1. The summed E-state index contributed by atoms with van der Waals surface area (Å²) in [5.41, 5.74) is 5.00. The summed E-state index contributed by atoms with van der Waals surface area (Å²) in [6.45, 7) is 0.661. The first-order chi connectivity index (χ1) is 23.7. The summed E-state index contributed by atoms with van der Waals surface area (Å²) in [4.78, 5) is 4.96. The van der Waals surface area contributed by atoms with Gasteiger partial charge in [-0.05, 0) is 60.4 Å². The fourth-order valence-corrected chi connectivity index (χ4v) is 7.86. The van der Waals surface area contributed by atoms with Crippen molar-refractivity contribution in [3.8, 4) is 34.1 Å². The van der Waals surface area contributed by atoms with Crippen molar-refractivity contribution in [1.82, 2.24) is 24.5 Å². The Hall–Kier alpha value is -4.58. The first-order valence-electron chi connectivity index (χ1n) is 16.1. The minimum Gasteiger partial charge on any atom is -0.493 e. The number of halogens is 2. The van der Waals surface area contributed by atoms with E-state index in [0.717, 1.165) is 39.7 Å². The van der Waals surface area contributed by atoms with Crippen molar-refractivity contribution in [2.75, 3.05) is 10.9 Å². The molecule has 2 aliphatic rings. The minimum absolute atomic E-state index is 0.339. The van der Waals surface area contributed by atoms with Crippen LogP contribution in [0.2, 0.25) is 10.0 Å². The van der Waals surface area contributed by atoms with E-state index < -0.39 is 16.1 Å². The molecule has 3 heterocycles. The number of nitrogens with one attached hydrogen (secondary N) is 1. The summed E-state index contributed by atoms with van der Waals surface area (Å²) in [5, 5.41) is 19.5. The number of aliphatic hydroxyl groups excluding tert-OH is 1. The van der Waals surface area contributed by atoms with Crippen LogP contribution in [0.3, 0.4) is 0 Å². The van der Waals surface area contributed by atoms with E-state index in [1.54, 1.807) is 30.3 Å². The molecule has 49 heavy (non-hydrogen) atoms. The van der Waals surface area contributed by atoms with E-state index in [1.165, 1.54) is 32.1 Å². The van der Waals surface area contributed by atoms with Crippen LogP contribution in [0.15, 0.2) is 97.1 Å². The molecule has 0 spiro atoms. The molecule has 0 radical (unpaired) electrons. The molecule has 7 rings (SSSR count). The van der Waals surface area contributed by atoms with Crippen LogP contribution in [0.5, 0.6) is 5.88 Å². The summed E-state index contributed by atoms with van der Waals surface area (Å²) < 4.78 is 36.0. The maximum atomic E-state index is 12.6. The predicted molar refractivity (Wildman–Crippen MR) is 191 cm³/mol. The number of ether oxygens (including phenoxy) is 1. The minimum atomic E-state index is -3.96. The molecule has 1 aliphatic heterocycles. The lowest BCUT2D eigenvalue weighted by Crippen LogP contribution is -2.29. The van der Waals surface area contributed by atoms with Crippen molar-refractivity contribution in [3.63, 3.8) is 0 Å². The summed E-state index contributed by atoms with van der Waals surface area (Å²) in [5.74, 6) is 1.52. The van der Waals surface area contributed by atoms with Crippen LogP contribution in [-0.2, 0) is 16.6 Å². The van der Waals surface area contributed by atoms with Gasteiger partial charge < -0.3 is 14.4 Å². The van der Waals surface area contributed by atoms with Crippen LogP contribution in [-0.4, -0.2) is 39.9 Å². The van der Waals surface area contributed by atoms with Gasteiger partial charge in [-0.3, -0.25) is 0 Å². The number of anilines is 1.